The molecule has 0 heterocycles. The van der Waals surface area contributed by atoms with Crippen molar-refractivity contribution in [2.45, 2.75) is 6.92 Å². The molecular weight excluding hydrogens is 164 g/mol. The Morgan fingerprint density at radius 2 is 2.00 bits per heavy atom. The van der Waals surface area contributed by atoms with Crippen molar-refractivity contribution in [3.05, 3.63) is 0 Å². The molecule has 0 aliphatic heterocycles. The van der Waals surface area contributed by atoms with Crippen molar-refractivity contribution in [3.8, 4) is 0 Å². The molecule has 0 unspecified atom stereocenters. The molecule has 0 saturated heterocycles. The van der Waals surface area contributed by atoms with Gasteiger partial charge in [0.2, 0.25) is 0 Å². The summed E-state index contributed by atoms with van der Waals surface area (Å²) in [5.41, 5.74) is 0. The van der Waals surface area contributed by atoms with Gasteiger partial charge in [0.25, 0.3) is 0 Å². The van der Waals surface area contributed by atoms with Crippen molar-refractivity contribution in [1.29, 1.82) is 0 Å². The molecule has 34 valence electrons. The maximum absolute atomic E-state index is 9.51. The van der Waals surface area contributed by atoms with Crippen molar-refractivity contribution < 1.29 is 27.8 Å². The summed E-state index contributed by atoms with van der Waals surface area (Å²) in [7, 11) is 0. The SMILES string of the molecule is C[C](=O)[Ag]=[O]. The molecule has 0 radical (unpaired) electrons. The van der Waals surface area contributed by atoms with Crippen molar-refractivity contribution in [1.82, 2.24) is 0 Å². The Labute approximate surface area is 39.2 Å². The first-order valence-electron chi connectivity index (χ1n) is 0.978. The van der Waals surface area contributed by atoms with Crippen LogP contribution >= 0.6 is 0 Å². The quantitative estimate of drug-likeness (QED) is 0.513. The van der Waals surface area contributed by atoms with E-state index in [9.17, 15) is 8.04 Å². The third-order valence-electron chi connectivity index (χ3n) is 0.0867. The van der Waals surface area contributed by atoms with Crippen LogP contribution in [-0.2, 0) is 27.8 Å². The Balaban J connectivity index is 3.20. The average molecular weight is 167 g/mol. The topological polar surface area (TPSA) is 34.1 Å². The van der Waals surface area contributed by atoms with E-state index in [4.69, 9.17) is 0 Å². The first-order valence-corrected chi connectivity index (χ1v) is 2.32. The van der Waals surface area contributed by atoms with Gasteiger partial charge in [-0.1, -0.05) is 0 Å². The van der Waals surface area contributed by atoms with Gasteiger partial charge in [0.05, 0.1) is 0 Å². The molecule has 5 heavy (non-hydrogen) atoms. The molecule has 0 aromatic rings. The third kappa shape index (κ3) is 4.21. The molecule has 0 atom stereocenters. The van der Waals surface area contributed by atoms with Crippen LogP contribution in [0.1, 0.15) is 6.92 Å². The van der Waals surface area contributed by atoms with Crippen LogP contribution in [0.4, 0.5) is 0 Å². The van der Waals surface area contributed by atoms with Crippen molar-refractivity contribution in [3.63, 3.8) is 0 Å². The minimum absolute atomic E-state index is 0.271. The summed E-state index contributed by atoms with van der Waals surface area (Å²) in [6.07, 6.45) is 0. The number of carbonyl (C=O) groups is 1. The minimum atomic E-state index is -0.790. The number of carbonyl (C=O) groups excluding carboxylic acids is 1. The predicted octanol–water partition coefficient (Wildman–Crippen LogP) is -0.0391. The Morgan fingerprint density at radius 3 is 2.00 bits per heavy atom. The molecule has 3 heteroatoms. The van der Waals surface area contributed by atoms with Crippen LogP contribution < -0.4 is 0 Å². The van der Waals surface area contributed by atoms with Gasteiger partial charge in [-0.05, 0) is 0 Å². The van der Waals surface area contributed by atoms with Crippen LogP contribution in [0.5, 0.6) is 0 Å². The molecule has 0 aliphatic rings. The molecular formula is C2H3AgO2. The fourth-order valence-electron chi connectivity index (χ4n) is 0. The second-order valence-electron chi connectivity index (χ2n) is 0.478. The van der Waals surface area contributed by atoms with E-state index in [1.165, 1.54) is 6.92 Å². The van der Waals surface area contributed by atoms with E-state index in [0.717, 1.165) is 0 Å². The summed E-state index contributed by atoms with van der Waals surface area (Å²) < 4.78 is 9.04. The second-order valence-corrected chi connectivity index (χ2v) is 1.82. The summed E-state index contributed by atoms with van der Waals surface area (Å²) >= 11 is -0.790. The average Bonchev–Trinajstić information content (AvgIpc) is 1.38. The van der Waals surface area contributed by atoms with E-state index in [0.29, 0.717) is 0 Å². The van der Waals surface area contributed by atoms with Gasteiger partial charge < -0.3 is 0 Å². The third-order valence-corrected chi connectivity index (χ3v) is 0.513. The van der Waals surface area contributed by atoms with Gasteiger partial charge in [-0.15, -0.1) is 0 Å². The monoisotopic (exact) mass is 166 g/mol. The van der Waals surface area contributed by atoms with Crippen molar-refractivity contribution in [2.24, 2.45) is 0 Å². The van der Waals surface area contributed by atoms with Crippen LogP contribution in [-0.4, -0.2) is 4.00 Å². The van der Waals surface area contributed by atoms with Crippen LogP contribution in [0.25, 0.3) is 0 Å². The van der Waals surface area contributed by atoms with Gasteiger partial charge in [-0.2, -0.15) is 0 Å². The summed E-state index contributed by atoms with van der Waals surface area (Å²) in [4.78, 5) is 9.51. The number of rotatable bonds is 1. The molecule has 0 bridgehead atoms. The molecule has 0 spiro atoms. The summed E-state index contributed by atoms with van der Waals surface area (Å²) in [5, 5.41) is 0. The Morgan fingerprint density at radius 1 is 1.80 bits per heavy atom. The zero-order valence-electron chi connectivity index (χ0n) is 2.62. The zero-order valence-corrected chi connectivity index (χ0v) is 4.10. The summed E-state index contributed by atoms with van der Waals surface area (Å²) in [6.45, 7) is 1.28. The van der Waals surface area contributed by atoms with E-state index in [1.807, 2.05) is 0 Å². The normalized spacial score (nSPS) is 8.20. The van der Waals surface area contributed by atoms with Crippen LogP contribution in [0, 0.1) is 0 Å². The first kappa shape index (κ1) is 5.21. The van der Waals surface area contributed by atoms with Gasteiger partial charge in [0, 0.05) is 0 Å². The van der Waals surface area contributed by atoms with Gasteiger partial charge in [0.15, 0.2) is 0 Å². The Kier molecular flexibility index (Phi) is 2.55. The van der Waals surface area contributed by atoms with Gasteiger partial charge in [0.1, 0.15) is 0 Å². The predicted molar refractivity (Wildman–Crippen MR) is 11.4 cm³/mol. The molecule has 0 fully saturated rings. The van der Waals surface area contributed by atoms with Crippen molar-refractivity contribution >= 4 is 4.00 Å². The van der Waals surface area contributed by atoms with Gasteiger partial charge in [-0.25, -0.2) is 0 Å². The maximum atomic E-state index is 9.51. The molecule has 0 amide bonds. The summed E-state index contributed by atoms with van der Waals surface area (Å²) in [6, 6.07) is 0. The van der Waals surface area contributed by atoms with Crippen LogP contribution in [0.2, 0.25) is 0 Å². The van der Waals surface area contributed by atoms with Gasteiger partial charge in [-0.3, -0.25) is 0 Å². The molecule has 0 rings (SSSR count). The summed E-state index contributed by atoms with van der Waals surface area (Å²) in [5.74, 6) is 0. The molecule has 2 nitrogen and oxygen atoms in total. The van der Waals surface area contributed by atoms with E-state index < -0.39 is 19.7 Å². The standard InChI is InChI=1S/C2H3O.Ag.O/c1-2-3;;/h1H3;;. The van der Waals surface area contributed by atoms with Crippen LogP contribution in [0.15, 0.2) is 0 Å². The van der Waals surface area contributed by atoms with E-state index in [2.05, 4.69) is 0 Å². The van der Waals surface area contributed by atoms with E-state index >= 15 is 0 Å². The Hall–Kier alpha value is 0.210. The van der Waals surface area contributed by atoms with E-state index in [1.54, 1.807) is 0 Å². The van der Waals surface area contributed by atoms with Crippen molar-refractivity contribution in [2.75, 3.05) is 0 Å². The van der Waals surface area contributed by atoms with E-state index in [-0.39, 0.29) is 4.00 Å². The molecule has 0 N–H and O–H groups in total. The van der Waals surface area contributed by atoms with Crippen LogP contribution in [0.3, 0.4) is 0 Å². The number of hydrogen-bond donors (Lipinski definition) is 0. The first-order chi connectivity index (χ1) is 2.27. The fourth-order valence-corrected chi connectivity index (χ4v) is 0. The molecule has 0 aromatic carbocycles. The molecule has 0 saturated carbocycles. The Bertz CT molecular complexity index is 58.7. The molecule has 0 aromatic heterocycles. The second kappa shape index (κ2) is 2.45. The van der Waals surface area contributed by atoms with Gasteiger partial charge >= 0.3 is 38.7 Å². The molecule has 0 aliphatic carbocycles. The fraction of sp³-hybridized carbons (Fsp3) is 0.500. The zero-order chi connectivity index (χ0) is 4.28. The number of hydrogen-bond acceptors (Lipinski definition) is 2.